The first kappa shape index (κ1) is 16.2. The summed E-state index contributed by atoms with van der Waals surface area (Å²) in [5.74, 6) is 0.112. The molecule has 3 heterocycles. The van der Waals surface area contributed by atoms with Crippen molar-refractivity contribution in [3.63, 3.8) is 0 Å². The number of para-hydroxylation sites is 1. The van der Waals surface area contributed by atoms with Crippen LogP contribution in [0.15, 0.2) is 53.5 Å². The third-order valence-electron chi connectivity index (χ3n) is 4.19. The van der Waals surface area contributed by atoms with Crippen molar-refractivity contribution in [2.75, 3.05) is 17.3 Å². The van der Waals surface area contributed by atoms with Gasteiger partial charge in [0, 0.05) is 29.9 Å². The molecule has 1 atom stereocenters. The van der Waals surface area contributed by atoms with Crippen molar-refractivity contribution < 1.29 is 9.59 Å². The van der Waals surface area contributed by atoms with Crippen LogP contribution in [-0.4, -0.2) is 28.8 Å². The molecule has 1 aliphatic rings. The van der Waals surface area contributed by atoms with Crippen LogP contribution in [0.4, 0.5) is 11.5 Å². The number of rotatable bonds is 3. The van der Waals surface area contributed by atoms with Crippen LogP contribution >= 0.6 is 11.3 Å². The van der Waals surface area contributed by atoms with Crippen molar-refractivity contribution in [3.8, 4) is 0 Å². The molecule has 0 saturated heterocycles. The summed E-state index contributed by atoms with van der Waals surface area (Å²) < 4.78 is 0. The molecule has 0 fully saturated rings. The fourth-order valence-electron chi connectivity index (χ4n) is 2.92. The zero-order chi connectivity index (χ0) is 18.1. The molecule has 0 saturated carbocycles. The van der Waals surface area contributed by atoms with Crippen LogP contribution in [-0.2, 0) is 0 Å². The molecule has 8 heteroatoms. The van der Waals surface area contributed by atoms with Crippen molar-refractivity contribution >= 4 is 34.7 Å². The third-order valence-corrected chi connectivity index (χ3v) is 4.78. The first-order chi connectivity index (χ1) is 12.6. The number of amides is 2. The van der Waals surface area contributed by atoms with Crippen LogP contribution in [0.3, 0.4) is 0 Å². The molecule has 1 aromatic carbocycles. The number of aromatic nitrogens is 2. The molecule has 0 unspecified atom stereocenters. The number of anilines is 2. The van der Waals surface area contributed by atoms with E-state index in [2.05, 4.69) is 20.6 Å². The Morgan fingerprint density at radius 1 is 1.23 bits per heavy atom. The zero-order valence-corrected chi connectivity index (χ0v) is 14.7. The Bertz CT molecular complexity index is 973. The van der Waals surface area contributed by atoms with Crippen molar-refractivity contribution in [1.82, 2.24) is 15.3 Å². The van der Waals surface area contributed by atoms with Crippen LogP contribution in [0.5, 0.6) is 0 Å². The van der Waals surface area contributed by atoms with E-state index in [1.165, 1.54) is 11.3 Å². The molecular weight excluding hydrogens is 350 g/mol. The second-order valence-electron chi connectivity index (χ2n) is 5.78. The highest BCUT2D eigenvalue weighted by Gasteiger charge is 2.31. The Morgan fingerprint density at radius 3 is 2.88 bits per heavy atom. The highest BCUT2D eigenvalue weighted by Crippen LogP contribution is 2.33. The molecule has 7 nitrogen and oxygen atoms in total. The minimum Gasteiger partial charge on any atom is -0.335 e. The topological polar surface area (TPSA) is 87.2 Å². The molecule has 2 N–H and O–H groups in total. The smallest absolute Gasteiger partial charge is 0.275 e. The second-order valence-corrected chi connectivity index (χ2v) is 6.50. The van der Waals surface area contributed by atoms with Gasteiger partial charge in [0.25, 0.3) is 11.8 Å². The zero-order valence-electron chi connectivity index (χ0n) is 13.8. The van der Waals surface area contributed by atoms with Crippen molar-refractivity contribution in [1.29, 1.82) is 0 Å². The van der Waals surface area contributed by atoms with Crippen molar-refractivity contribution in [3.05, 3.63) is 70.3 Å². The van der Waals surface area contributed by atoms with Gasteiger partial charge in [0.2, 0.25) is 0 Å². The summed E-state index contributed by atoms with van der Waals surface area (Å²) in [7, 11) is 1.86. The van der Waals surface area contributed by atoms with Gasteiger partial charge in [-0.05, 0) is 18.2 Å². The van der Waals surface area contributed by atoms with Crippen LogP contribution in [0, 0.1) is 0 Å². The van der Waals surface area contributed by atoms with E-state index in [1.807, 2.05) is 30.1 Å². The number of fused-ring (bicyclic) bond motifs is 1. The number of carbonyl (C=O) groups is 2. The molecule has 130 valence electrons. The molecular formula is C18H15N5O2S. The first-order valence-corrected chi connectivity index (χ1v) is 8.86. The van der Waals surface area contributed by atoms with E-state index in [-0.39, 0.29) is 11.8 Å². The number of nitrogens with zero attached hydrogens (tertiary/aromatic N) is 3. The van der Waals surface area contributed by atoms with E-state index in [4.69, 9.17) is 0 Å². The predicted octanol–water partition coefficient (Wildman–Crippen LogP) is 2.67. The maximum Gasteiger partial charge on any atom is 0.275 e. The summed E-state index contributed by atoms with van der Waals surface area (Å²) in [6.07, 6.45) is 1.21. The summed E-state index contributed by atoms with van der Waals surface area (Å²) in [5, 5.41) is 7.53. The molecule has 4 rings (SSSR count). The Balaban J connectivity index is 1.69. The summed E-state index contributed by atoms with van der Waals surface area (Å²) in [4.78, 5) is 35.1. The number of nitrogens with one attached hydrogen (secondary N) is 2. The van der Waals surface area contributed by atoms with Crippen LogP contribution < -0.4 is 15.5 Å². The summed E-state index contributed by atoms with van der Waals surface area (Å²) in [6, 6.07) is 10.8. The van der Waals surface area contributed by atoms with E-state index in [0.29, 0.717) is 22.8 Å². The second kappa shape index (κ2) is 6.57. The standard InChI is InChI=1S/C18H15N5O2S/c1-23-15-12(6-4-8-19-15)17(24)22-16(23)11-5-2-3-7-13(11)21-18(25)14-9-26-10-20-14/h2-10,16H,1H3,(H,21,25)(H,22,24)/t16-/m0/s1. The SMILES string of the molecule is CN1c2ncccc2C(=O)N[C@@H]1c1ccccc1NC(=O)c1cscn1. The van der Waals surface area contributed by atoms with E-state index in [9.17, 15) is 9.59 Å². The lowest BCUT2D eigenvalue weighted by Gasteiger charge is -2.36. The Morgan fingerprint density at radius 2 is 2.08 bits per heavy atom. The van der Waals surface area contributed by atoms with Crippen LogP contribution in [0.25, 0.3) is 0 Å². The fourth-order valence-corrected chi connectivity index (χ4v) is 3.46. The molecule has 0 spiro atoms. The lowest BCUT2D eigenvalue weighted by atomic mass is 10.0. The Labute approximate surface area is 153 Å². The summed E-state index contributed by atoms with van der Waals surface area (Å²) >= 11 is 1.36. The molecule has 2 aromatic heterocycles. The van der Waals surface area contributed by atoms with Crippen LogP contribution in [0.1, 0.15) is 32.6 Å². The highest BCUT2D eigenvalue weighted by molar-refractivity contribution is 7.07. The monoisotopic (exact) mass is 365 g/mol. The molecule has 1 aliphatic heterocycles. The van der Waals surface area contributed by atoms with Gasteiger partial charge in [-0.3, -0.25) is 9.59 Å². The largest absolute Gasteiger partial charge is 0.335 e. The highest BCUT2D eigenvalue weighted by atomic mass is 32.1. The minimum atomic E-state index is -0.447. The van der Waals surface area contributed by atoms with E-state index in [0.717, 1.165) is 5.56 Å². The maximum absolute atomic E-state index is 12.5. The van der Waals surface area contributed by atoms with Gasteiger partial charge >= 0.3 is 0 Å². The minimum absolute atomic E-state index is 0.197. The number of pyridine rings is 1. The number of thiazole rings is 1. The molecule has 0 radical (unpaired) electrons. The number of benzene rings is 1. The fraction of sp³-hybridized carbons (Fsp3) is 0.111. The summed E-state index contributed by atoms with van der Waals surface area (Å²) in [5.41, 5.74) is 3.87. The average Bonchev–Trinajstić information content (AvgIpc) is 3.20. The van der Waals surface area contributed by atoms with E-state index >= 15 is 0 Å². The molecule has 0 bridgehead atoms. The number of carbonyl (C=O) groups excluding carboxylic acids is 2. The van der Waals surface area contributed by atoms with Gasteiger partial charge in [-0.2, -0.15) is 0 Å². The lowest BCUT2D eigenvalue weighted by Crippen LogP contribution is -2.45. The lowest BCUT2D eigenvalue weighted by molar-refractivity contribution is 0.0927. The van der Waals surface area contributed by atoms with Crippen LogP contribution in [0.2, 0.25) is 0 Å². The molecule has 3 aromatic rings. The number of hydrogen-bond donors (Lipinski definition) is 2. The van der Waals surface area contributed by atoms with Gasteiger partial charge in [-0.1, -0.05) is 18.2 Å². The van der Waals surface area contributed by atoms with E-state index in [1.54, 1.807) is 35.3 Å². The quantitative estimate of drug-likeness (QED) is 0.745. The predicted molar refractivity (Wildman–Crippen MR) is 99.4 cm³/mol. The molecule has 26 heavy (non-hydrogen) atoms. The molecule has 2 amide bonds. The molecule has 0 aliphatic carbocycles. The first-order valence-electron chi connectivity index (χ1n) is 7.92. The van der Waals surface area contributed by atoms with Gasteiger partial charge in [0.15, 0.2) is 0 Å². The maximum atomic E-state index is 12.5. The van der Waals surface area contributed by atoms with E-state index < -0.39 is 6.17 Å². The van der Waals surface area contributed by atoms with Gasteiger partial charge in [0.1, 0.15) is 17.7 Å². The van der Waals surface area contributed by atoms with Gasteiger partial charge in [0.05, 0.1) is 11.1 Å². The average molecular weight is 365 g/mol. The Kier molecular flexibility index (Phi) is 4.10. The van der Waals surface area contributed by atoms with Crippen molar-refractivity contribution in [2.24, 2.45) is 0 Å². The van der Waals surface area contributed by atoms with Crippen molar-refractivity contribution in [2.45, 2.75) is 6.17 Å². The summed E-state index contributed by atoms with van der Waals surface area (Å²) in [6.45, 7) is 0. The van der Waals surface area contributed by atoms with Gasteiger partial charge in [-0.25, -0.2) is 9.97 Å². The third kappa shape index (κ3) is 2.80. The Hall–Kier alpha value is -3.26. The number of hydrogen-bond acceptors (Lipinski definition) is 6. The normalized spacial score (nSPS) is 16.0. The van der Waals surface area contributed by atoms with Gasteiger partial charge < -0.3 is 15.5 Å². The van der Waals surface area contributed by atoms with Gasteiger partial charge in [-0.15, -0.1) is 11.3 Å².